The monoisotopic (exact) mass is 344 g/mol. The first-order chi connectivity index (χ1) is 12.1. The van der Waals surface area contributed by atoms with Crippen LogP contribution in [0.25, 0.3) is 0 Å². The fraction of sp³-hybridized carbons (Fsp3) is 0.263. The van der Waals surface area contributed by atoms with Crippen molar-refractivity contribution in [3.63, 3.8) is 0 Å². The number of rotatable bonds is 5. The van der Waals surface area contributed by atoms with E-state index in [1.807, 2.05) is 0 Å². The van der Waals surface area contributed by atoms with E-state index >= 15 is 0 Å². The second kappa shape index (κ2) is 7.90. The van der Waals surface area contributed by atoms with Crippen LogP contribution in [0.3, 0.4) is 0 Å². The van der Waals surface area contributed by atoms with Gasteiger partial charge in [-0.2, -0.15) is 0 Å². The van der Waals surface area contributed by atoms with Crippen LogP contribution in [-0.2, 0) is 14.2 Å². The van der Waals surface area contributed by atoms with Crippen LogP contribution in [0.2, 0.25) is 0 Å². The van der Waals surface area contributed by atoms with Crippen LogP contribution >= 0.6 is 0 Å². The molecule has 0 amide bonds. The van der Waals surface area contributed by atoms with Crippen molar-refractivity contribution < 1.29 is 28.2 Å². The molecule has 1 heterocycles. The van der Waals surface area contributed by atoms with E-state index in [0.29, 0.717) is 11.1 Å². The van der Waals surface area contributed by atoms with Gasteiger partial charge in [-0.3, -0.25) is 0 Å². The summed E-state index contributed by atoms with van der Waals surface area (Å²) >= 11 is 0. The average molecular weight is 344 g/mol. The molecule has 6 heteroatoms. The van der Waals surface area contributed by atoms with Crippen molar-refractivity contribution in [3.05, 3.63) is 71.8 Å². The minimum atomic E-state index is -1.46. The lowest BCUT2D eigenvalue weighted by Crippen LogP contribution is -2.36. The Labute approximate surface area is 144 Å². The molecule has 3 atom stereocenters. The molecule has 0 radical (unpaired) electrons. The fourth-order valence-corrected chi connectivity index (χ4v) is 2.51. The summed E-state index contributed by atoms with van der Waals surface area (Å²) in [5.41, 5.74) is 0.705. The third kappa shape index (κ3) is 4.22. The SMILES string of the molecule is O=C(OC[C@H]1OC[C@H](F)[C@@H]1OC(=O)c1ccccc1)c1ccccc1. The molecule has 3 rings (SSSR count). The van der Waals surface area contributed by atoms with E-state index in [-0.39, 0.29) is 13.2 Å². The third-order valence-corrected chi connectivity index (χ3v) is 3.83. The normalized spacial score (nSPS) is 22.4. The molecule has 1 aliphatic heterocycles. The van der Waals surface area contributed by atoms with Gasteiger partial charge >= 0.3 is 11.9 Å². The molecular weight excluding hydrogens is 327 g/mol. The van der Waals surface area contributed by atoms with Crippen molar-refractivity contribution in [2.24, 2.45) is 0 Å². The molecular formula is C19H17FO5. The number of carbonyl (C=O) groups is 2. The zero-order valence-corrected chi connectivity index (χ0v) is 13.3. The van der Waals surface area contributed by atoms with Crippen molar-refractivity contribution in [3.8, 4) is 0 Å². The molecule has 1 aliphatic rings. The summed E-state index contributed by atoms with van der Waals surface area (Å²) in [6, 6.07) is 16.7. The van der Waals surface area contributed by atoms with Crippen LogP contribution in [0.4, 0.5) is 4.39 Å². The maximum Gasteiger partial charge on any atom is 0.338 e. The average Bonchev–Trinajstić information content (AvgIpc) is 3.01. The second-order valence-electron chi connectivity index (χ2n) is 5.59. The Morgan fingerprint density at radius 2 is 1.52 bits per heavy atom. The third-order valence-electron chi connectivity index (χ3n) is 3.83. The van der Waals surface area contributed by atoms with Gasteiger partial charge < -0.3 is 14.2 Å². The van der Waals surface area contributed by atoms with Gasteiger partial charge in [-0.15, -0.1) is 0 Å². The number of ether oxygens (including phenoxy) is 3. The van der Waals surface area contributed by atoms with E-state index in [1.165, 1.54) is 0 Å². The Balaban J connectivity index is 1.59. The van der Waals surface area contributed by atoms with E-state index in [1.54, 1.807) is 60.7 Å². The lowest BCUT2D eigenvalue weighted by Gasteiger charge is -2.20. The Morgan fingerprint density at radius 1 is 0.960 bits per heavy atom. The predicted molar refractivity (Wildman–Crippen MR) is 87.0 cm³/mol. The molecule has 130 valence electrons. The van der Waals surface area contributed by atoms with Crippen LogP contribution in [0, 0.1) is 0 Å². The Kier molecular flexibility index (Phi) is 5.40. The first-order valence-electron chi connectivity index (χ1n) is 7.89. The smallest absolute Gasteiger partial charge is 0.338 e. The van der Waals surface area contributed by atoms with Crippen molar-refractivity contribution in [1.82, 2.24) is 0 Å². The Hall–Kier alpha value is -2.73. The standard InChI is InChI=1S/C19H17FO5/c20-15-11-23-16(12-24-18(21)13-7-3-1-4-8-13)17(15)25-19(22)14-9-5-2-6-10-14/h1-10,15-17H,11-12H2/t15-,16+,17-/m0/s1. The molecule has 0 aliphatic carbocycles. The molecule has 0 saturated carbocycles. The van der Waals surface area contributed by atoms with Gasteiger partial charge in [0.2, 0.25) is 0 Å². The van der Waals surface area contributed by atoms with Gasteiger partial charge in [0.15, 0.2) is 12.3 Å². The Morgan fingerprint density at radius 3 is 2.12 bits per heavy atom. The van der Waals surface area contributed by atoms with Crippen molar-refractivity contribution in [2.75, 3.05) is 13.2 Å². The van der Waals surface area contributed by atoms with Gasteiger partial charge in [-0.25, -0.2) is 14.0 Å². The zero-order valence-electron chi connectivity index (χ0n) is 13.3. The lowest BCUT2D eigenvalue weighted by molar-refractivity contribution is -0.0326. The molecule has 1 saturated heterocycles. The molecule has 0 bridgehead atoms. The number of carbonyl (C=O) groups excluding carboxylic acids is 2. The van der Waals surface area contributed by atoms with Gasteiger partial charge in [0.1, 0.15) is 12.7 Å². The van der Waals surface area contributed by atoms with Gasteiger partial charge in [0.25, 0.3) is 0 Å². The predicted octanol–water partition coefficient (Wildman–Crippen LogP) is 2.81. The number of alkyl halides is 1. The van der Waals surface area contributed by atoms with Crippen LogP contribution < -0.4 is 0 Å². The topological polar surface area (TPSA) is 61.8 Å². The van der Waals surface area contributed by atoms with E-state index in [0.717, 1.165) is 0 Å². The summed E-state index contributed by atoms with van der Waals surface area (Å²) in [6.45, 7) is -0.402. The minimum absolute atomic E-state index is 0.194. The zero-order chi connectivity index (χ0) is 17.6. The summed E-state index contributed by atoms with van der Waals surface area (Å²) < 4.78 is 29.7. The first kappa shape index (κ1) is 17.1. The molecule has 2 aromatic carbocycles. The maximum absolute atomic E-state index is 14.0. The molecule has 1 fully saturated rings. The maximum atomic E-state index is 14.0. The molecule has 2 aromatic rings. The summed E-state index contributed by atoms with van der Waals surface area (Å²) in [5.74, 6) is -1.18. The number of benzene rings is 2. The van der Waals surface area contributed by atoms with Crippen LogP contribution in [0.1, 0.15) is 20.7 Å². The van der Waals surface area contributed by atoms with Gasteiger partial charge in [0.05, 0.1) is 17.7 Å². The van der Waals surface area contributed by atoms with Gasteiger partial charge in [-0.1, -0.05) is 36.4 Å². The van der Waals surface area contributed by atoms with Crippen molar-refractivity contribution in [1.29, 1.82) is 0 Å². The highest BCUT2D eigenvalue weighted by Gasteiger charge is 2.41. The summed E-state index contributed by atoms with van der Waals surface area (Å²) in [7, 11) is 0. The largest absolute Gasteiger partial charge is 0.459 e. The van der Waals surface area contributed by atoms with E-state index in [2.05, 4.69) is 0 Å². The minimum Gasteiger partial charge on any atom is -0.459 e. The van der Waals surface area contributed by atoms with Crippen molar-refractivity contribution >= 4 is 11.9 Å². The second-order valence-corrected chi connectivity index (χ2v) is 5.59. The number of halogens is 1. The molecule has 5 nitrogen and oxygen atoms in total. The molecule has 0 spiro atoms. The molecule has 0 aromatic heterocycles. The van der Waals surface area contributed by atoms with Crippen LogP contribution in [0.15, 0.2) is 60.7 Å². The van der Waals surface area contributed by atoms with Gasteiger partial charge in [0, 0.05) is 0 Å². The number of esters is 2. The van der Waals surface area contributed by atoms with Crippen LogP contribution in [0.5, 0.6) is 0 Å². The first-order valence-corrected chi connectivity index (χ1v) is 7.89. The lowest BCUT2D eigenvalue weighted by atomic mass is 10.1. The summed E-state index contributed by atoms with van der Waals surface area (Å²) in [5, 5.41) is 0. The number of hydrogen-bond donors (Lipinski definition) is 0. The quantitative estimate of drug-likeness (QED) is 0.781. The summed E-state index contributed by atoms with van der Waals surface area (Å²) in [6.07, 6.45) is -3.42. The molecule has 0 N–H and O–H groups in total. The highest BCUT2D eigenvalue weighted by atomic mass is 19.1. The van der Waals surface area contributed by atoms with E-state index < -0.39 is 30.3 Å². The number of hydrogen-bond acceptors (Lipinski definition) is 5. The van der Waals surface area contributed by atoms with Crippen molar-refractivity contribution in [2.45, 2.75) is 18.4 Å². The van der Waals surface area contributed by atoms with E-state index in [4.69, 9.17) is 14.2 Å². The Bertz CT molecular complexity index is 719. The highest BCUT2D eigenvalue weighted by molar-refractivity contribution is 5.90. The van der Waals surface area contributed by atoms with Gasteiger partial charge in [-0.05, 0) is 24.3 Å². The molecule has 25 heavy (non-hydrogen) atoms. The fourth-order valence-electron chi connectivity index (χ4n) is 2.51. The molecule has 0 unspecified atom stereocenters. The van der Waals surface area contributed by atoms with Crippen LogP contribution in [-0.4, -0.2) is 43.5 Å². The van der Waals surface area contributed by atoms with E-state index in [9.17, 15) is 14.0 Å². The highest BCUT2D eigenvalue weighted by Crippen LogP contribution is 2.22. The summed E-state index contributed by atoms with van der Waals surface area (Å²) in [4.78, 5) is 24.1.